The molecule has 2 N–H and O–H groups in total. The van der Waals surface area contributed by atoms with E-state index in [2.05, 4.69) is 10.6 Å². The lowest BCUT2D eigenvalue weighted by Crippen LogP contribution is -2.31. The first-order chi connectivity index (χ1) is 10.6. The Morgan fingerprint density at radius 3 is 2.32 bits per heavy atom. The highest BCUT2D eigenvalue weighted by Gasteiger charge is 2.11. The summed E-state index contributed by atoms with van der Waals surface area (Å²) >= 11 is 0. The van der Waals surface area contributed by atoms with Crippen molar-refractivity contribution in [1.29, 1.82) is 0 Å². The maximum absolute atomic E-state index is 12.4. The van der Waals surface area contributed by atoms with Crippen molar-refractivity contribution >= 4 is 17.3 Å². The van der Waals surface area contributed by atoms with Crippen molar-refractivity contribution in [2.24, 2.45) is 0 Å². The van der Waals surface area contributed by atoms with Crippen LogP contribution in [0.4, 0.5) is 11.4 Å². The summed E-state index contributed by atoms with van der Waals surface area (Å²) in [6.07, 6.45) is 0. The van der Waals surface area contributed by atoms with E-state index in [1.807, 2.05) is 74.4 Å². The molecule has 0 heterocycles. The molecule has 116 valence electrons. The molecular formula is C18H23N3O. The first kappa shape index (κ1) is 16.0. The van der Waals surface area contributed by atoms with Crippen LogP contribution in [0, 0.1) is 6.92 Å². The molecule has 4 heteroatoms. The van der Waals surface area contributed by atoms with E-state index in [1.165, 1.54) is 0 Å². The number of carbonyl (C=O) groups is 1. The molecule has 0 aliphatic rings. The van der Waals surface area contributed by atoms with E-state index in [-0.39, 0.29) is 5.91 Å². The molecule has 0 bridgehead atoms. The minimum Gasteiger partial charge on any atom is -0.355 e. The lowest BCUT2D eigenvalue weighted by atomic mass is 10.1. The van der Waals surface area contributed by atoms with Gasteiger partial charge in [-0.2, -0.15) is 0 Å². The van der Waals surface area contributed by atoms with Gasteiger partial charge < -0.3 is 15.5 Å². The molecule has 0 atom stereocenters. The van der Waals surface area contributed by atoms with Crippen molar-refractivity contribution in [3.8, 4) is 0 Å². The number of hydrogen-bond donors (Lipinski definition) is 2. The van der Waals surface area contributed by atoms with Crippen LogP contribution in [0.2, 0.25) is 0 Å². The van der Waals surface area contributed by atoms with Gasteiger partial charge in [0.15, 0.2) is 0 Å². The van der Waals surface area contributed by atoms with Gasteiger partial charge in [-0.05, 0) is 44.8 Å². The van der Waals surface area contributed by atoms with Gasteiger partial charge in [0.1, 0.15) is 0 Å². The van der Waals surface area contributed by atoms with Gasteiger partial charge in [0.05, 0.1) is 11.3 Å². The minimum absolute atomic E-state index is 0.0569. The minimum atomic E-state index is -0.0569. The number of para-hydroxylation sites is 2. The Balaban J connectivity index is 2.13. The molecule has 1 amide bonds. The summed E-state index contributed by atoms with van der Waals surface area (Å²) in [4.78, 5) is 14.4. The molecule has 0 aliphatic carbocycles. The fourth-order valence-electron chi connectivity index (χ4n) is 2.14. The van der Waals surface area contributed by atoms with Gasteiger partial charge in [-0.1, -0.05) is 30.3 Å². The molecule has 2 rings (SSSR count). The van der Waals surface area contributed by atoms with E-state index in [9.17, 15) is 4.79 Å². The van der Waals surface area contributed by atoms with Crippen LogP contribution in [0.1, 0.15) is 15.9 Å². The monoisotopic (exact) mass is 297 g/mol. The van der Waals surface area contributed by atoms with Crippen LogP contribution in [0.3, 0.4) is 0 Å². The lowest BCUT2D eigenvalue weighted by Gasteiger charge is -2.15. The number of anilines is 2. The number of nitrogens with one attached hydrogen (secondary N) is 2. The van der Waals surface area contributed by atoms with Crippen LogP contribution in [-0.2, 0) is 0 Å². The Kier molecular flexibility index (Phi) is 5.55. The number of carbonyl (C=O) groups excluding carboxylic acids is 1. The fraction of sp³-hybridized carbons (Fsp3) is 0.278. The molecule has 2 aromatic carbocycles. The first-order valence-electron chi connectivity index (χ1n) is 7.42. The number of rotatable bonds is 6. The average Bonchev–Trinajstić information content (AvgIpc) is 2.49. The maximum atomic E-state index is 12.4. The van der Waals surface area contributed by atoms with Crippen LogP contribution in [0.15, 0.2) is 48.5 Å². The zero-order valence-corrected chi connectivity index (χ0v) is 13.4. The van der Waals surface area contributed by atoms with Gasteiger partial charge in [0.2, 0.25) is 0 Å². The van der Waals surface area contributed by atoms with Crippen LogP contribution in [0.25, 0.3) is 0 Å². The Morgan fingerprint density at radius 1 is 1.00 bits per heavy atom. The summed E-state index contributed by atoms with van der Waals surface area (Å²) < 4.78 is 0. The van der Waals surface area contributed by atoms with Crippen LogP contribution in [0.5, 0.6) is 0 Å². The third-order valence-electron chi connectivity index (χ3n) is 3.43. The highest BCUT2D eigenvalue weighted by molar-refractivity contribution is 6.00. The van der Waals surface area contributed by atoms with E-state index in [1.54, 1.807) is 0 Å². The average molecular weight is 297 g/mol. The van der Waals surface area contributed by atoms with E-state index in [0.29, 0.717) is 12.1 Å². The third-order valence-corrected chi connectivity index (χ3v) is 3.43. The molecule has 22 heavy (non-hydrogen) atoms. The molecule has 0 saturated carbocycles. The molecule has 0 aliphatic heterocycles. The van der Waals surface area contributed by atoms with Crippen molar-refractivity contribution < 1.29 is 4.79 Å². The Morgan fingerprint density at radius 2 is 1.64 bits per heavy atom. The van der Waals surface area contributed by atoms with Crippen molar-refractivity contribution in [2.45, 2.75) is 6.92 Å². The van der Waals surface area contributed by atoms with Crippen molar-refractivity contribution in [3.05, 3.63) is 59.7 Å². The van der Waals surface area contributed by atoms with Crippen LogP contribution < -0.4 is 10.6 Å². The number of benzene rings is 2. The van der Waals surface area contributed by atoms with E-state index >= 15 is 0 Å². The first-order valence-corrected chi connectivity index (χ1v) is 7.42. The summed E-state index contributed by atoms with van der Waals surface area (Å²) in [5.74, 6) is -0.0569. The summed E-state index contributed by atoms with van der Waals surface area (Å²) in [7, 11) is 3.97. The number of hydrogen-bond acceptors (Lipinski definition) is 3. The molecule has 0 radical (unpaired) electrons. The second-order valence-corrected chi connectivity index (χ2v) is 5.54. The molecule has 0 unspecified atom stereocenters. The Hall–Kier alpha value is -2.33. The summed E-state index contributed by atoms with van der Waals surface area (Å²) in [5, 5.41) is 6.30. The number of aryl methyl sites for hydroxylation is 1. The second kappa shape index (κ2) is 7.61. The molecule has 0 spiro atoms. The van der Waals surface area contributed by atoms with Gasteiger partial charge >= 0.3 is 0 Å². The summed E-state index contributed by atoms with van der Waals surface area (Å²) in [5.41, 5.74) is 3.63. The standard InChI is InChI=1S/C18H23N3O/c1-14-8-4-6-10-16(14)20-17-11-7-5-9-15(17)18(22)19-12-13-21(2)3/h4-11,20H,12-13H2,1-3H3,(H,19,22). The zero-order chi connectivity index (χ0) is 15.9. The fourth-order valence-corrected chi connectivity index (χ4v) is 2.14. The summed E-state index contributed by atoms with van der Waals surface area (Å²) in [6.45, 7) is 3.49. The second-order valence-electron chi connectivity index (χ2n) is 5.54. The maximum Gasteiger partial charge on any atom is 0.253 e. The molecule has 4 nitrogen and oxygen atoms in total. The molecule has 2 aromatic rings. The predicted octanol–water partition coefficient (Wildman–Crippen LogP) is 3.03. The highest BCUT2D eigenvalue weighted by atomic mass is 16.1. The van der Waals surface area contributed by atoms with Gasteiger partial charge in [0, 0.05) is 18.8 Å². The van der Waals surface area contributed by atoms with Gasteiger partial charge in [-0.25, -0.2) is 0 Å². The van der Waals surface area contributed by atoms with Crippen LogP contribution >= 0.6 is 0 Å². The van der Waals surface area contributed by atoms with E-state index < -0.39 is 0 Å². The van der Waals surface area contributed by atoms with Gasteiger partial charge in [0.25, 0.3) is 5.91 Å². The number of nitrogens with zero attached hydrogens (tertiary/aromatic N) is 1. The van der Waals surface area contributed by atoms with Crippen molar-refractivity contribution in [2.75, 3.05) is 32.5 Å². The Labute approximate surface area is 132 Å². The van der Waals surface area contributed by atoms with Gasteiger partial charge in [-0.15, -0.1) is 0 Å². The molecule has 0 aromatic heterocycles. The highest BCUT2D eigenvalue weighted by Crippen LogP contribution is 2.23. The predicted molar refractivity (Wildman–Crippen MR) is 91.8 cm³/mol. The van der Waals surface area contributed by atoms with Crippen LogP contribution in [-0.4, -0.2) is 38.0 Å². The topological polar surface area (TPSA) is 44.4 Å². The Bertz CT molecular complexity index is 638. The normalized spacial score (nSPS) is 10.5. The molecule has 0 saturated heterocycles. The van der Waals surface area contributed by atoms with E-state index in [4.69, 9.17) is 0 Å². The lowest BCUT2D eigenvalue weighted by molar-refractivity contribution is 0.0952. The molecule has 0 fully saturated rings. The van der Waals surface area contributed by atoms with E-state index in [0.717, 1.165) is 23.5 Å². The molecular weight excluding hydrogens is 274 g/mol. The van der Waals surface area contributed by atoms with Crippen molar-refractivity contribution in [1.82, 2.24) is 10.2 Å². The third kappa shape index (κ3) is 4.33. The largest absolute Gasteiger partial charge is 0.355 e. The number of amides is 1. The smallest absolute Gasteiger partial charge is 0.253 e. The quantitative estimate of drug-likeness (QED) is 0.861. The van der Waals surface area contributed by atoms with Gasteiger partial charge in [-0.3, -0.25) is 4.79 Å². The SMILES string of the molecule is Cc1ccccc1Nc1ccccc1C(=O)NCCN(C)C. The van der Waals surface area contributed by atoms with Crippen molar-refractivity contribution in [3.63, 3.8) is 0 Å². The number of likely N-dealkylation sites (N-methyl/N-ethyl adjacent to an activating group) is 1. The zero-order valence-electron chi connectivity index (χ0n) is 13.4. The summed E-state index contributed by atoms with van der Waals surface area (Å²) in [6, 6.07) is 15.6.